The number of likely N-dealkylation sites (N-methyl/N-ethyl adjacent to an activating group) is 1. The lowest BCUT2D eigenvalue weighted by atomic mass is 9.76. The fraction of sp³-hybridized carbons (Fsp3) is 0.600. The number of likely N-dealkylation sites (tertiary alicyclic amines) is 1. The van der Waals surface area contributed by atoms with E-state index in [4.69, 9.17) is 13.9 Å². The Labute approximate surface area is 189 Å². The highest BCUT2D eigenvalue weighted by Crippen LogP contribution is 2.38. The van der Waals surface area contributed by atoms with Crippen molar-refractivity contribution in [3.05, 3.63) is 30.0 Å². The first kappa shape index (κ1) is 22.8. The largest absolute Gasteiger partial charge is 0.457 e. The Morgan fingerprint density at radius 1 is 1.19 bits per heavy atom. The standard InChI is InChI=1S/C25H34N2O5/c1-16(30-3)15-31-25(29)22-14-18-13-19(9-10-21(18)32-22)26-24(28)23-20(11-12-27(23)2)17-7-5-4-6-8-17/h9-10,13-14,16-17,20,23H,4-8,11-12,15H2,1-3H3,(H,26,28). The molecule has 1 aliphatic carbocycles. The first-order valence-electron chi connectivity index (χ1n) is 11.7. The van der Waals surface area contributed by atoms with Gasteiger partial charge in [0, 0.05) is 18.2 Å². The van der Waals surface area contributed by atoms with Gasteiger partial charge in [0.1, 0.15) is 12.2 Å². The van der Waals surface area contributed by atoms with E-state index in [9.17, 15) is 9.59 Å². The van der Waals surface area contributed by atoms with Crippen molar-refractivity contribution >= 4 is 28.5 Å². The number of ether oxygens (including phenoxy) is 2. The van der Waals surface area contributed by atoms with Crippen molar-refractivity contribution in [2.24, 2.45) is 11.8 Å². The SMILES string of the molecule is COC(C)COC(=O)c1cc2cc(NC(=O)C3C(C4CCCCC4)CCN3C)ccc2o1. The van der Waals surface area contributed by atoms with Gasteiger partial charge < -0.3 is 19.2 Å². The van der Waals surface area contributed by atoms with E-state index < -0.39 is 5.97 Å². The van der Waals surface area contributed by atoms with Crippen LogP contribution in [0.3, 0.4) is 0 Å². The van der Waals surface area contributed by atoms with Crippen LogP contribution < -0.4 is 5.32 Å². The average molecular weight is 443 g/mol. The number of rotatable bonds is 7. The lowest BCUT2D eigenvalue weighted by molar-refractivity contribution is -0.121. The van der Waals surface area contributed by atoms with Gasteiger partial charge in [-0.05, 0) is 63.0 Å². The highest BCUT2D eigenvalue weighted by molar-refractivity contribution is 5.98. The first-order chi connectivity index (χ1) is 15.5. The quantitative estimate of drug-likeness (QED) is 0.638. The number of esters is 1. The van der Waals surface area contributed by atoms with Crippen LogP contribution in [0.1, 0.15) is 56.0 Å². The van der Waals surface area contributed by atoms with Gasteiger partial charge in [-0.2, -0.15) is 0 Å². The van der Waals surface area contributed by atoms with Crippen LogP contribution in [-0.4, -0.2) is 56.2 Å². The van der Waals surface area contributed by atoms with Crippen molar-refractivity contribution in [1.29, 1.82) is 0 Å². The molecular formula is C25H34N2O5. The maximum atomic E-state index is 13.2. The van der Waals surface area contributed by atoms with Crippen LogP contribution in [0.25, 0.3) is 11.0 Å². The molecule has 2 aliphatic rings. The molecule has 32 heavy (non-hydrogen) atoms. The summed E-state index contributed by atoms with van der Waals surface area (Å²) in [6, 6.07) is 6.99. The Kier molecular flexibility index (Phi) is 7.16. The third-order valence-corrected chi connectivity index (χ3v) is 7.06. The van der Waals surface area contributed by atoms with E-state index in [1.807, 2.05) is 19.1 Å². The number of fused-ring (bicyclic) bond motifs is 1. The molecule has 1 saturated heterocycles. The van der Waals surface area contributed by atoms with Crippen molar-refractivity contribution < 1.29 is 23.5 Å². The predicted molar refractivity (Wildman–Crippen MR) is 123 cm³/mol. The number of nitrogens with zero attached hydrogens (tertiary/aromatic N) is 1. The molecule has 7 heteroatoms. The average Bonchev–Trinajstić information content (AvgIpc) is 3.41. The molecule has 4 rings (SSSR count). The highest BCUT2D eigenvalue weighted by atomic mass is 16.6. The highest BCUT2D eigenvalue weighted by Gasteiger charge is 2.41. The number of amides is 1. The second-order valence-corrected chi connectivity index (χ2v) is 9.27. The second-order valence-electron chi connectivity index (χ2n) is 9.27. The van der Waals surface area contributed by atoms with Crippen LogP contribution >= 0.6 is 0 Å². The zero-order valence-corrected chi connectivity index (χ0v) is 19.3. The summed E-state index contributed by atoms with van der Waals surface area (Å²) >= 11 is 0. The van der Waals surface area contributed by atoms with Gasteiger partial charge in [0.05, 0.1) is 12.1 Å². The smallest absolute Gasteiger partial charge is 0.374 e. The minimum Gasteiger partial charge on any atom is -0.457 e. The molecule has 2 heterocycles. The van der Waals surface area contributed by atoms with E-state index in [2.05, 4.69) is 17.3 Å². The van der Waals surface area contributed by atoms with Crippen molar-refractivity contribution in [2.45, 2.75) is 57.6 Å². The summed E-state index contributed by atoms with van der Waals surface area (Å²) < 4.78 is 15.9. The molecule has 3 atom stereocenters. The van der Waals surface area contributed by atoms with Gasteiger partial charge in [-0.25, -0.2) is 4.79 Å². The zero-order chi connectivity index (χ0) is 22.7. The minimum absolute atomic E-state index is 0.0524. The number of furan rings is 1. The van der Waals surface area contributed by atoms with E-state index in [-0.39, 0.29) is 30.4 Å². The van der Waals surface area contributed by atoms with E-state index in [0.29, 0.717) is 23.1 Å². The molecule has 1 N–H and O–H groups in total. The van der Waals surface area contributed by atoms with E-state index in [0.717, 1.165) is 18.4 Å². The monoisotopic (exact) mass is 442 g/mol. The van der Waals surface area contributed by atoms with Crippen LogP contribution in [0.2, 0.25) is 0 Å². The molecule has 1 aromatic heterocycles. The summed E-state index contributed by atoms with van der Waals surface area (Å²) in [6.07, 6.45) is 7.28. The molecule has 1 aliphatic heterocycles. The number of nitrogens with one attached hydrogen (secondary N) is 1. The molecule has 1 aromatic carbocycles. The van der Waals surface area contributed by atoms with Crippen LogP contribution in [0.5, 0.6) is 0 Å². The summed E-state index contributed by atoms with van der Waals surface area (Å²) in [5.41, 5.74) is 1.28. The molecule has 0 bridgehead atoms. The van der Waals surface area contributed by atoms with E-state index >= 15 is 0 Å². The normalized spacial score (nSPS) is 23.3. The number of benzene rings is 1. The van der Waals surface area contributed by atoms with Gasteiger partial charge >= 0.3 is 5.97 Å². The Morgan fingerprint density at radius 3 is 2.72 bits per heavy atom. The fourth-order valence-electron chi connectivity index (χ4n) is 5.20. The number of carbonyl (C=O) groups is 2. The summed E-state index contributed by atoms with van der Waals surface area (Å²) in [5, 5.41) is 3.85. The summed E-state index contributed by atoms with van der Waals surface area (Å²) in [5.74, 6) is 0.735. The summed E-state index contributed by atoms with van der Waals surface area (Å²) in [4.78, 5) is 27.7. The number of hydrogen-bond donors (Lipinski definition) is 1. The van der Waals surface area contributed by atoms with Crippen LogP contribution in [0, 0.1) is 11.8 Å². The molecule has 3 unspecified atom stereocenters. The zero-order valence-electron chi connectivity index (χ0n) is 19.3. The van der Waals surface area contributed by atoms with E-state index in [1.54, 1.807) is 19.2 Å². The molecule has 0 radical (unpaired) electrons. The van der Waals surface area contributed by atoms with Crippen molar-refractivity contribution in [1.82, 2.24) is 4.90 Å². The van der Waals surface area contributed by atoms with Gasteiger partial charge in [-0.1, -0.05) is 32.1 Å². The summed E-state index contributed by atoms with van der Waals surface area (Å²) in [6.45, 7) is 2.94. The van der Waals surface area contributed by atoms with Crippen molar-refractivity contribution in [3.8, 4) is 0 Å². The molecule has 7 nitrogen and oxygen atoms in total. The van der Waals surface area contributed by atoms with Gasteiger partial charge in [0.15, 0.2) is 0 Å². The van der Waals surface area contributed by atoms with Crippen LogP contribution in [-0.2, 0) is 14.3 Å². The third-order valence-electron chi connectivity index (χ3n) is 7.06. The number of carbonyl (C=O) groups excluding carboxylic acids is 2. The van der Waals surface area contributed by atoms with Gasteiger partial charge in [0.25, 0.3) is 0 Å². The Balaban J connectivity index is 1.44. The van der Waals surface area contributed by atoms with Gasteiger partial charge in [-0.15, -0.1) is 0 Å². The molecule has 1 saturated carbocycles. The molecule has 174 valence electrons. The Morgan fingerprint density at radius 2 is 1.97 bits per heavy atom. The van der Waals surface area contributed by atoms with Gasteiger partial charge in [0.2, 0.25) is 11.7 Å². The van der Waals surface area contributed by atoms with Crippen LogP contribution in [0.15, 0.2) is 28.7 Å². The van der Waals surface area contributed by atoms with E-state index in [1.165, 1.54) is 32.1 Å². The Bertz CT molecular complexity index is 949. The third kappa shape index (κ3) is 4.99. The molecule has 1 amide bonds. The topological polar surface area (TPSA) is 81.0 Å². The minimum atomic E-state index is -0.529. The van der Waals surface area contributed by atoms with Crippen molar-refractivity contribution in [3.63, 3.8) is 0 Å². The number of methoxy groups -OCH3 is 1. The maximum Gasteiger partial charge on any atom is 0.374 e. The van der Waals surface area contributed by atoms with Crippen molar-refractivity contribution in [2.75, 3.05) is 32.6 Å². The first-order valence-corrected chi connectivity index (χ1v) is 11.7. The lowest BCUT2D eigenvalue weighted by Gasteiger charge is -2.32. The fourth-order valence-corrected chi connectivity index (χ4v) is 5.20. The second kappa shape index (κ2) is 10.0. The lowest BCUT2D eigenvalue weighted by Crippen LogP contribution is -2.43. The van der Waals surface area contributed by atoms with Gasteiger partial charge in [-0.3, -0.25) is 9.69 Å². The predicted octanol–water partition coefficient (Wildman–Crippen LogP) is 4.46. The Hall–Kier alpha value is -2.38. The molecule has 2 aromatic rings. The summed E-state index contributed by atoms with van der Waals surface area (Å²) in [7, 11) is 3.62. The molecule has 0 spiro atoms. The number of hydrogen-bond acceptors (Lipinski definition) is 6. The van der Waals surface area contributed by atoms with Crippen LogP contribution in [0.4, 0.5) is 5.69 Å². The maximum absolute atomic E-state index is 13.2. The number of anilines is 1. The molecule has 2 fully saturated rings. The molecular weight excluding hydrogens is 408 g/mol.